The highest BCUT2D eigenvalue weighted by Crippen LogP contribution is 2.21. The topological polar surface area (TPSA) is 49.4 Å². The van der Waals surface area contributed by atoms with Gasteiger partial charge in [0.25, 0.3) is 0 Å². The fourth-order valence-corrected chi connectivity index (χ4v) is 3.98. The zero-order chi connectivity index (χ0) is 20.8. The minimum Gasteiger partial charge on any atom is -0.352 e. The number of carbonyl (C=O) groups is 2. The Labute approximate surface area is 182 Å². The summed E-state index contributed by atoms with van der Waals surface area (Å²) in [4.78, 5) is 27.6. The zero-order valence-corrected chi connectivity index (χ0v) is 18.0. The summed E-state index contributed by atoms with van der Waals surface area (Å²) in [5, 5.41) is 4.31. The van der Waals surface area contributed by atoms with Crippen molar-refractivity contribution in [2.45, 2.75) is 57.7 Å². The maximum atomic E-state index is 13.2. The van der Waals surface area contributed by atoms with Gasteiger partial charge in [-0.2, -0.15) is 0 Å². The summed E-state index contributed by atoms with van der Waals surface area (Å²) in [6.07, 6.45) is 4.47. The van der Waals surface area contributed by atoms with Crippen molar-refractivity contribution in [3.63, 3.8) is 0 Å². The molecule has 1 N–H and O–H groups in total. The first-order chi connectivity index (χ1) is 13.9. The molecule has 3 rings (SSSR count). The molecule has 0 aromatic heterocycles. The van der Waals surface area contributed by atoms with E-state index in [0.717, 1.165) is 36.8 Å². The van der Waals surface area contributed by atoms with E-state index in [9.17, 15) is 9.59 Å². The normalized spacial score (nSPS) is 15.1. The number of hydrogen-bond donors (Lipinski definition) is 1. The lowest BCUT2D eigenvalue weighted by Crippen LogP contribution is -2.50. The second-order valence-corrected chi connectivity index (χ2v) is 8.43. The number of nitrogens with zero attached hydrogens (tertiary/aromatic N) is 1. The molecule has 1 atom stereocenters. The van der Waals surface area contributed by atoms with Gasteiger partial charge in [-0.25, -0.2) is 0 Å². The largest absolute Gasteiger partial charge is 0.352 e. The van der Waals surface area contributed by atoms with Gasteiger partial charge in [0.2, 0.25) is 11.8 Å². The summed E-state index contributed by atoms with van der Waals surface area (Å²) in [5.41, 5.74) is 1.67. The van der Waals surface area contributed by atoms with Gasteiger partial charge < -0.3 is 10.2 Å². The average molecular weight is 433 g/mol. The van der Waals surface area contributed by atoms with E-state index in [0.29, 0.717) is 10.0 Å². The molecule has 1 saturated carbocycles. The maximum absolute atomic E-state index is 13.2. The molecule has 2 amide bonds. The van der Waals surface area contributed by atoms with E-state index >= 15 is 0 Å². The second kappa shape index (κ2) is 10.1. The van der Waals surface area contributed by atoms with E-state index in [-0.39, 0.29) is 30.8 Å². The summed E-state index contributed by atoms with van der Waals surface area (Å²) in [5.74, 6) is -0.241. The molecular formula is C23H26Cl2N2O2. The summed E-state index contributed by atoms with van der Waals surface area (Å²) >= 11 is 12.3. The van der Waals surface area contributed by atoms with Crippen LogP contribution >= 0.6 is 23.2 Å². The van der Waals surface area contributed by atoms with E-state index in [1.165, 1.54) is 0 Å². The average Bonchev–Trinajstić information content (AvgIpc) is 3.21. The van der Waals surface area contributed by atoms with E-state index in [1.54, 1.807) is 30.0 Å². The Bertz CT molecular complexity index is 848. The Hall–Kier alpha value is -2.04. The number of amides is 2. The monoisotopic (exact) mass is 432 g/mol. The van der Waals surface area contributed by atoms with Crippen molar-refractivity contribution in [3.05, 3.63) is 69.7 Å². The van der Waals surface area contributed by atoms with Gasteiger partial charge in [0, 0.05) is 22.6 Å². The molecule has 1 fully saturated rings. The van der Waals surface area contributed by atoms with E-state index < -0.39 is 6.04 Å². The number of halogens is 2. The highest BCUT2D eigenvalue weighted by molar-refractivity contribution is 6.31. The Morgan fingerprint density at radius 3 is 2.38 bits per heavy atom. The predicted molar refractivity (Wildman–Crippen MR) is 117 cm³/mol. The first kappa shape index (κ1) is 21.7. The van der Waals surface area contributed by atoms with E-state index in [2.05, 4.69) is 5.32 Å². The van der Waals surface area contributed by atoms with Gasteiger partial charge in [0.05, 0.1) is 6.42 Å². The Kier molecular flexibility index (Phi) is 7.57. The Morgan fingerprint density at radius 2 is 1.72 bits per heavy atom. The standard InChI is InChI=1S/C23H26Cl2N2O2/c1-16(23(29)26-20-7-3-4-8-20)27(15-18-6-2-5-9-21(18)25)22(28)14-17-10-12-19(24)13-11-17/h2,5-6,9-13,16,20H,3-4,7-8,14-15H2,1H3,(H,26,29)/t16-/m0/s1. The van der Waals surface area contributed by atoms with Crippen LogP contribution in [0.15, 0.2) is 48.5 Å². The molecule has 0 radical (unpaired) electrons. The number of benzene rings is 2. The lowest BCUT2D eigenvalue weighted by Gasteiger charge is -2.30. The maximum Gasteiger partial charge on any atom is 0.242 e. The van der Waals surface area contributed by atoms with Gasteiger partial charge in [-0.1, -0.05) is 66.4 Å². The van der Waals surface area contributed by atoms with Crippen LogP contribution in [0.3, 0.4) is 0 Å². The summed E-state index contributed by atoms with van der Waals surface area (Å²) in [6.45, 7) is 2.06. The number of carbonyl (C=O) groups excluding carboxylic acids is 2. The third kappa shape index (κ3) is 5.97. The van der Waals surface area contributed by atoms with Crippen LogP contribution in [-0.4, -0.2) is 28.8 Å². The summed E-state index contributed by atoms with van der Waals surface area (Å²) in [6, 6.07) is 14.2. The molecule has 0 unspecified atom stereocenters. The third-order valence-electron chi connectivity index (χ3n) is 5.44. The van der Waals surface area contributed by atoms with Crippen molar-refractivity contribution < 1.29 is 9.59 Å². The van der Waals surface area contributed by atoms with E-state index in [4.69, 9.17) is 23.2 Å². The highest BCUT2D eigenvalue weighted by atomic mass is 35.5. The first-order valence-corrected chi connectivity index (χ1v) is 10.8. The number of hydrogen-bond acceptors (Lipinski definition) is 2. The van der Waals surface area contributed by atoms with Crippen molar-refractivity contribution >= 4 is 35.0 Å². The minimum absolute atomic E-state index is 0.117. The van der Waals surface area contributed by atoms with Crippen LogP contribution in [0.1, 0.15) is 43.7 Å². The molecule has 0 saturated heterocycles. The van der Waals surface area contributed by atoms with Gasteiger partial charge in [0.15, 0.2) is 0 Å². The Balaban J connectivity index is 1.77. The molecule has 0 aliphatic heterocycles. The SMILES string of the molecule is C[C@@H](C(=O)NC1CCCC1)N(Cc1ccccc1Cl)C(=O)Cc1ccc(Cl)cc1. The van der Waals surface area contributed by atoms with Crippen molar-refractivity contribution in [2.24, 2.45) is 0 Å². The second-order valence-electron chi connectivity index (χ2n) is 7.58. The molecule has 0 bridgehead atoms. The van der Waals surface area contributed by atoms with Crippen LogP contribution in [0.4, 0.5) is 0 Å². The molecule has 6 heteroatoms. The van der Waals surface area contributed by atoms with Crippen LogP contribution in [0, 0.1) is 0 Å². The van der Waals surface area contributed by atoms with Crippen LogP contribution < -0.4 is 5.32 Å². The van der Waals surface area contributed by atoms with E-state index in [1.807, 2.05) is 30.3 Å². The van der Waals surface area contributed by atoms with Gasteiger partial charge in [-0.05, 0) is 49.1 Å². The van der Waals surface area contributed by atoms with Gasteiger partial charge in [0.1, 0.15) is 6.04 Å². The van der Waals surface area contributed by atoms with Gasteiger partial charge in [-0.15, -0.1) is 0 Å². The molecule has 0 spiro atoms. The van der Waals surface area contributed by atoms with Crippen molar-refractivity contribution in [3.8, 4) is 0 Å². The third-order valence-corrected chi connectivity index (χ3v) is 6.06. The van der Waals surface area contributed by atoms with Crippen LogP contribution in [0.25, 0.3) is 0 Å². The fraction of sp³-hybridized carbons (Fsp3) is 0.391. The molecule has 4 nitrogen and oxygen atoms in total. The molecule has 1 aliphatic rings. The van der Waals surface area contributed by atoms with Crippen molar-refractivity contribution in [1.29, 1.82) is 0 Å². The number of nitrogens with one attached hydrogen (secondary N) is 1. The predicted octanol–water partition coefficient (Wildman–Crippen LogP) is 5.01. The lowest BCUT2D eigenvalue weighted by molar-refractivity contribution is -0.140. The highest BCUT2D eigenvalue weighted by Gasteiger charge is 2.28. The molecule has 0 heterocycles. The smallest absolute Gasteiger partial charge is 0.242 e. The number of rotatable bonds is 7. The van der Waals surface area contributed by atoms with Crippen molar-refractivity contribution in [2.75, 3.05) is 0 Å². The van der Waals surface area contributed by atoms with Crippen LogP contribution in [0.2, 0.25) is 10.0 Å². The fourth-order valence-electron chi connectivity index (χ4n) is 3.66. The molecular weight excluding hydrogens is 407 g/mol. The molecule has 1 aliphatic carbocycles. The van der Waals surface area contributed by atoms with Gasteiger partial charge in [-0.3, -0.25) is 9.59 Å². The molecule has 154 valence electrons. The van der Waals surface area contributed by atoms with Gasteiger partial charge >= 0.3 is 0 Å². The lowest BCUT2D eigenvalue weighted by atomic mass is 10.1. The zero-order valence-electron chi connectivity index (χ0n) is 16.5. The molecule has 29 heavy (non-hydrogen) atoms. The first-order valence-electron chi connectivity index (χ1n) is 10.0. The quantitative estimate of drug-likeness (QED) is 0.667. The van der Waals surface area contributed by atoms with Crippen molar-refractivity contribution in [1.82, 2.24) is 10.2 Å². The van der Waals surface area contributed by atoms with Crippen LogP contribution in [0.5, 0.6) is 0 Å². The van der Waals surface area contributed by atoms with Crippen LogP contribution in [-0.2, 0) is 22.6 Å². The molecule has 2 aromatic carbocycles. The summed E-state index contributed by atoms with van der Waals surface area (Å²) in [7, 11) is 0. The molecule has 2 aromatic rings. The minimum atomic E-state index is -0.591. The Morgan fingerprint density at radius 1 is 1.07 bits per heavy atom. The summed E-state index contributed by atoms with van der Waals surface area (Å²) < 4.78 is 0.